The maximum absolute atomic E-state index is 12.9. The van der Waals surface area contributed by atoms with Gasteiger partial charge < -0.3 is 0 Å². The number of benzene rings is 1. The van der Waals surface area contributed by atoms with Crippen LogP contribution >= 0.6 is 0 Å². The van der Waals surface area contributed by atoms with E-state index in [0.29, 0.717) is 0 Å². The van der Waals surface area contributed by atoms with Gasteiger partial charge in [-0.25, -0.2) is 4.39 Å². The van der Waals surface area contributed by atoms with Crippen molar-refractivity contribution in [2.75, 3.05) is 13.1 Å². The fourth-order valence-corrected chi connectivity index (χ4v) is 2.53. The highest BCUT2D eigenvalue weighted by molar-refractivity contribution is 5.25. The predicted molar refractivity (Wildman–Crippen MR) is 69.6 cm³/mol. The van der Waals surface area contributed by atoms with E-state index in [4.69, 9.17) is 0 Å². The Hall–Kier alpha value is -1.40. The van der Waals surface area contributed by atoms with Crippen molar-refractivity contribution in [3.63, 3.8) is 0 Å². The Morgan fingerprint density at radius 1 is 1.22 bits per heavy atom. The molecular formula is C15H19FN2. The third kappa shape index (κ3) is 2.54. The first-order valence-corrected chi connectivity index (χ1v) is 6.32. The minimum atomic E-state index is -0.224. The first-order chi connectivity index (χ1) is 8.41. The molecule has 0 N–H and O–H groups in total. The molecule has 1 aromatic rings. The van der Waals surface area contributed by atoms with E-state index in [1.165, 1.54) is 12.1 Å². The van der Waals surface area contributed by atoms with E-state index in [0.717, 1.165) is 18.7 Å². The van der Waals surface area contributed by atoms with E-state index in [1.54, 1.807) is 12.1 Å². The van der Waals surface area contributed by atoms with Crippen molar-refractivity contribution in [1.29, 1.82) is 5.26 Å². The zero-order valence-corrected chi connectivity index (χ0v) is 11.2. The average Bonchev–Trinajstić information content (AvgIpc) is 2.73. The maximum atomic E-state index is 12.9. The normalized spacial score (nSPS) is 25.1. The zero-order valence-electron chi connectivity index (χ0n) is 11.2. The summed E-state index contributed by atoms with van der Waals surface area (Å²) in [6, 6.07) is 8.95. The fraction of sp³-hybridized carbons (Fsp3) is 0.533. The van der Waals surface area contributed by atoms with Crippen LogP contribution in [0, 0.1) is 23.1 Å². The molecule has 0 radical (unpaired) electrons. The smallest absolute Gasteiger partial charge is 0.123 e. The van der Waals surface area contributed by atoms with E-state index >= 15 is 0 Å². The monoisotopic (exact) mass is 246 g/mol. The van der Waals surface area contributed by atoms with Crippen LogP contribution in [-0.2, 0) is 0 Å². The van der Waals surface area contributed by atoms with Gasteiger partial charge in [0, 0.05) is 24.5 Å². The van der Waals surface area contributed by atoms with Crippen LogP contribution in [0.15, 0.2) is 24.3 Å². The lowest BCUT2D eigenvalue weighted by Crippen LogP contribution is -2.39. The van der Waals surface area contributed by atoms with Crippen molar-refractivity contribution in [1.82, 2.24) is 4.90 Å². The van der Waals surface area contributed by atoms with Gasteiger partial charge in [-0.05, 0) is 38.5 Å². The van der Waals surface area contributed by atoms with E-state index in [1.807, 2.05) is 0 Å². The molecule has 1 aromatic carbocycles. The van der Waals surface area contributed by atoms with Gasteiger partial charge in [-0.15, -0.1) is 0 Å². The second kappa shape index (κ2) is 4.70. The van der Waals surface area contributed by atoms with E-state index in [2.05, 4.69) is 31.7 Å². The molecule has 0 aliphatic carbocycles. The first kappa shape index (κ1) is 13.0. The molecule has 0 amide bonds. The summed E-state index contributed by atoms with van der Waals surface area (Å²) in [5.41, 5.74) is 1.14. The summed E-state index contributed by atoms with van der Waals surface area (Å²) in [5.74, 6) is -0.0394. The third-order valence-corrected chi connectivity index (χ3v) is 3.73. The number of nitriles is 1. The van der Waals surface area contributed by atoms with Crippen LogP contribution in [0.4, 0.5) is 4.39 Å². The number of likely N-dealkylation sites (tertiary alicyclic amines) is 1. The molecule has 0 bridgehead atoms. The molecule has 2 rings (SSSR count). The Morgan fingerprint density at radius 3 is 2.33 bits per heavy atom. The Morgan fingerprint density at radius 2 is 1.83 bits per heavy atom. The van der Waals surface area contributed by atoms with Crippen LogP contribution in [0.5, 0.6) is 0 Å². The van der Waals surface area contributed by atoms with Gasteiger partial charge in [-0.3, -0.25) is 4.90 Å². The lowest BCUT2D eigenvalue weighted by molar-refractivity contribution is 0.170. The molecule has 1 fully saturated rings. The van der Waals surface area contributed by atoms with Gasteiger partial charge in [-0.1, -0.05) is 12.1 Å². The number of nitrogens with zero attached hydrogens (tertiary/aromatic N) is 2. The number of hydrogen-bond acceptors (Lipinski definition) is 2. The molecule has 3 heteroatoms. The minimum Gasteiger partial charge on any atom is -0.297 e. The van der Waals surface area contributed by atoms with Gasteiger partial charge in [-0.2, -0.15) is 5.26 Å². The molecule has 0 saturated carbocycles. The van der Waals surface area contributed by atoms with Crippen molar-refractivity contribution in [3.8, 4) is 6.07 Å². The molecule has 0 spiro atoms. The second-order valence-corrected chi connectivity index (χ2v) is 5.97. The summed E-state index contributed by atoms with van der Waals surface area (Å²) >= 11 is 0. The molecule has 2 nitrogen and oxygen atoms in total. The lowest BCUT2D eigenvalue weighted by atomic mass is 9.90. The predicted octanol–water partition coefficient (Wildman–Crippen LogP) is 3.16. The van der Waals surface area contributed by atoms with Crippen molar-refractivity contribution >= 4 is 0 Å². The van der Waals surface area contributed by atoms with Gasteiger partial charge in [0.2, 0.25) is 0 Å². The summed E-state index contributed by atoms with van der Waals surface area (Å²) in [7, 11) is 0. The molecule has 1 heterocycles. The lowest BCUT2D eigenvalue weighted by Gasteiger charge is -2.31. The summed E-state index contributed by atoms with van der Waals surface area (Å²) in [5, 5.41) is 9.29. The zero-order chi connectivity index (χ0) is 13.3. The highest BCUT2D eigenvalue weighted by Crippen LogP contribution is 2.35. The van der Waals surface area contributed by atoms with Crippen LogP contribution in [0.3, 0.4) is 0 Å². The number of hydrogen-bond donors (Lipinski definition) is 0. The van der Waals surface area contributed by atoms with Crippen LogP contribution in [0.2, 0.25) is 0 Å². The number of rotatable bonds is 1. The van der Waals surface area contributed by atoms with Crippen LogP contribution in [-0.4, -0.2) is 23.5 Å². The molecular weight excluding hydrogens is 227 g/mol. The van der Waals surface area contributed by atoms with Crippen molar-refractivity contribution in [2.45, 2.75) is 32.2 Å². The molecule has 96 valence electrons. The summed E-state index contributed by atoms with van der Waals surface area (Å²) in [4.78, 5) is 2.33. The largest absolute Gasteiger partial charge is 0.297 e. The topological polar surface area (TPSA) is 27.0 Å². The van der Waals surface area contributed by atoms with Gasteiger partial charge in [0.15, 0.2) is 0 Å². The number of halogens is 1. The van der Waals surface area contributed by atoms with Crippen LogP contribution in [0.1, 0.15) is 32.3 Å². The first-order valence-electron chi connectivity index (χ1n) is 6.32. The fourth-order valence-electron chi connectivity index (χ4n) is 2.53. The van der Waals surface area contributed by atoms with E-state index in [-0.39, 0.29) is 23.2 Å². The Bertz CT molecular complexity index is 453. The standard InChI is InChI=1S/C15H19FN2/c1-15(2,3)18-9-12(8-17)14(10-18)11-4-6-13(16)7-5-11/h4-7,12,14H,9-10H2,1-3H3/t12-,14+/m1/s1. The van der Waals surface area contributed by atoms with Crippen molar-refractivity contribution < 1.29 is 4.39 Å². The Labute approximate surface area is 108 Å². The van der Waals surface area contributed by atoms with Gasteiger partial charge in [0.1, 0.15) is 5.82 Å². The quantitative estimate of drug-likeness (QED) is 0.761. The van der Waals surface area contributed by atoms with Gasteiger partial charge >= 0.3 is 0 Å². The molecule has 18 heavy (non-hydrogen) atoms. The van der Waals surface area contributed by atoms with E-state index < -0.39 is 0 Å². The second-order valence-electron chi connectivity index (χ2n) is 5.97. The maximum Gasteiger partial charge on any atom is 0.123 e. The third-order valence-electron chi connectivity index (χ3n) is 3.73. The SMILES string of the molecule is CC(C)(C)N1C[C@@H](C#N)[C@H](c2ccc(F)cc2)C1. The highest BCUT2D eigenvalue weighted by atomic mass is 19.1. The van der Waals surface area contributed by atoms with Gasteiger partial charge in [0.05, 0.1) is 12.0 Å². The summed E-state index contributed by atoms with van der Waals surface area (Å²) < 4.78 is 12.9. The van der Waals surface area contributed by atoms with Crippen LogP contribution < -0.4 is 0 Å². The van der Waals surface area contributed by atoms with Crippen LogP contribution in [0.25, 0.3) is 0 Å². The van der Waals surface area contributed by atoms with Crippen molar-refractivity contribution in [3.05, 3.63) is 35.6 Å². The van der Waals surface area contributed by atoms with E-state index in [9.17, 15) is 9.65 Å². The molecule has 0 unspecified atom stereocenters. The molecule has 0 aromatic heterocycles. The molecule has 2 atom stereocenters. The average molecular weight is 246 g/mol. The Balaban J connectivity index is 2.23. The molecule has 1 aliphatic rings. The highest BCUT2D eigenvalue weighted by Gasteiger charge is 2.38. The molecule has 1 aliphatic heterocycles. The van der Waals surface area contributed by atoms with Crippen molar-refractivity contribution in [2.24, 2.45) is 5.92 Å². The minimum absolute atomic E-state index is 0.00492. The summed E-state index contributed by atoms with van der Waals surface area (Å²) in [6.07, 6.45) is 0. The Kier molecular flexibility index (Phi) is 3.41. The summed E-state index contributed by atoms with van der Waals surface area (Å²) in [6.45, 7) is 8.15. The molecule has 1 saturated heterocycles. The van der Waals surface area contributed by atoms with Gasteiger partial charge in [0.25, 0.3) is 0 Å².